The van der Waals surface area contributed by atoms with E-state index in [0.29, 0.717) is 21.6 Å². The zero-order chi connectivity index (χ0) is 16.8. The van der Waals surface area contributed by atoms with Crippen LogP contribution in [0.5, 0.6) is 0 Å². The van der Waals surface area contributed by atoms with Gasteiger partial charge in [-0.05, 0) is 48.6 Å². The topological polar surface area (TPSA) is 97.9 Å². The van der Waals surface area contributed by atoms with Crippen LogP contribution >= 0.6 is 23.8 Å². The molecule has 0 atom stereocenters. The Morgan fingerprint density at radius 1 is 1.17 bits per heavy atom. The molecule has 118 valence electrons. The molecule has 0 bridgehead atoms. The molecule has 0 unspecified atom stereocenters. The summed E-state index contributed by atoms with van der Waals surface area (Å²) in [5, 5.41) is 5.97. The van der Waals surface area contributed by atoms with Crippen molar-refractivity contribution in [2.75, 3.05) is 0 Å². The molecule has 1 heterocycles. The maximum Gasteiger partial charge on any atom is 0.266 e. The molecule has 6 nitrogen and oxygen atoms in total. The van der Waals surface area contributed by atoms with Gasteiger partial charge in [-0.2, -0.15) is 0 Å². The molecule has 0 amide bonds. The first-order chi connectivity index (χ1) is 10.8. The van der Waals surface area contributed by atoms with Gasteiger partial charge in [-0.1, -0.05) is 17.7 Å². The quantitative estimate of drug-likeness (QED) is 0.679. The highest BCUT2D eigenvalue weighted by Gasteiger charge is 2.12. The minimum Gasteiger partial charge on any atom is -0.331 e. The Labute approximate surface area is 141 Å². The highest BCUT2D eigenvalue weighted by Crippen LogP contribution is 2.17. The van der Waals surface area contributed by atoms with Crippen LogP contribution < -0.4 is 10.7 Å². The standard InChI is InChI=1S/C14H10ClN3O3S2/c15-8-4-5-11-12(6-8)17-14(22)18(13(11)19)9-2-1-3-10(7-9)23(16,20)21/h1-7H,(H,17,22)(H2,16,20,21). The molecule has 0 aliphatic rings. The van der Waals surface area contributed by atoms with Crippen molar-refractivity contribution < 1.29 is 8.42 Å². The Morgan fingerprint density at radius 3 is 2.61 bits per heavy atom. The molecule has 3 N–H and O–H groups in total. The van der Waals surface area contributed by atoms with E-state index in [9.17, 15) is 13.2 Å². The van der Waals surface area contributed by atoms with Crippen LogP contribution in [0.4, 0.5) is 0 Å². The van der Waals surface area contributed by atoms with E-state index in [0.717, 1.165) is 0 Å². The number of benzene rings is 2. The smallest absolute Gasteiger partial charge is 0.266 e. The van der Waals surface area contributed by atoms with Gasteiger partial charge in [0.15, 0.2) is 4.77 Å². The van der Waals surface area contributed by atoms with Gasteiger partial charge in [-0.15, -0.1) is 0 Å². The minimum absolute atomic E-state index is 0.104. The lowest BCUT2D eigenvalue weighted by molar-refractivity contribution is 0.597. The summed E-state index contributed by atoms with van der Waals surface area (Å²) in [6.07, 6.45) is 0. The van der Waals surface area contributed by atoms with Crippen molar-refractivity contribution >= 4 is 44.7 Å². The number of aromatic amines is 1. The SMILES string of the molecule is NS(=O)(=O)c1cccc(-n2c(=S)[nH]c3cc(Cl)ccc3c2=O)c1. The second-order valence-electron chi connectivity index (χ2n) is 4.80. The third-order valence-electron chi connectivity index (χ3n) is 3.26. The number of H-pyrrole nitrogens is 1. The van der Waals surface area contributed by atoms with Crippen LogP contribution in [0.3, 0.4) is 0 Å². The van der Waals surface area contributed by atoms with E-state index < -0.39 is 10.0 Å². The van der Waals surface area contributed by atoms with Crippen LogP contribution in [0, 0.1) is 4.77 Å². The van der Waals surface area contributed by atoms with Crippen LogP contribution in [-0.4, -0.2) is 18.0 Å². The number of nitrogens with two attached hydrogens (primary N) is 1. The van der Waals surface area contributed by atoms with E-state index in [2.05, 4.69) is 4.98 Å². The maximum absolute atomic E-state index is 12.7. The number of halogens is 1. The lowest BCUT2D eigenvalue weighted by Crippen LogP contribution is -2.21. The Kier molecular flexibility index (Phi) is 3.85. The van der Waals surface area contributed by atoms with Crippen molar-refractivity contribution in [2.45, 2.75) is 4.90 Å². The summed E-state index contributed by atoms with van der Waals surface area (Å²) < 4.78 is 24.3. The van der Waals surface area contributed by atoms with E-state index in [1.807, 2.05) is 0 Å². The Hall–Kier alpha value is -2.00. The highest BCUT2D eigenvalue weighted by molar-refractivity contribution is 7.89. The predicted molar refractivity (Wildman–Crippen MR) is 91.1 cm³/mol. The summed E-state index contributed by atoms with van der Waals surface area (Å²) in [6.45, 7) is 0. The van der Waals surface area contributed by atoms with Crippen molar-refractivity contribution in [1.29, 1.82) is 0 Å². The lowest BCUT2D eigenvalue weighted by atomic mass is 10.2. The van der Waals surface area contributed by atoms with Gasteiger partial charge >= 0.3 is 0 Å². The van der Waals surface area contributed by atoms with Crippen LogP contribution in [0.15, 0.2) is 52.2 Å². The van der Waals surface area contributed by atoms with Gasteiger partial charge in [-0.25, -0.2) is 13.6 Å². The van der Waals surface area contributed by atoms with E-state index >= 15 is 0 Å². The molecule has 1 aromatic heterocycles. The number of hydrogen-bond donors (Lipinski definition) is 2. The molecule has 0 aliphatic carbocycles. The molecule has 9 heteroatoms. The number of hydrogen-bond acceptors (Lipinski definition) is 4. The molecule has 0 aliphatic heterocycles. The van der Waals surface area contributed by atoms with Crippen molar-refractivity contribution in [3.8, 4) is 5.69 Å². The third kappa shape index (κ3) is 2.93. The monoisotopic (exact) mass is 367 g/mol. The summed E-state index contributed by atoms with van der Waals surface area (Å²) >= 11 is 11.1. The van der Waals surface area contributed by atoms with Crippen LogP contribution in [0.25, 0.3) is 16.6 Å². The summed E-state index contributed by atoms with van der Waals surface area (Å²) in [4.78, 5) is 15.5. The molecule has 0 fully saturated rings. The average Bonchev–Trinajstić information content (AvgIpc) is 2.46. The first-order valence-corrected chi connectivity index (χ1v) is 8.68. The van der Waals surface area contributed by atoms with Crippen molar-refractivity contribution in [2.24, 2.45) is 5.14 Å². The molecular weight excluding hydrogens is 358 g/mol. The van der Waals surface area contributed by atoms with E-state index in [-0.39, 0.29) is 15.2 Å². The van der Waals surface area contributed by atoms with Crippen LogP contribution in [0.1, 0.15) is 0 Å². The van der Waals surface area contributed by atoms with Gasteiger partial charge in [-0.3, -0.25) is 9.36 Å². The first kappa shape index (κ1) is 15.9. The summed E-state index contributed by atoms with van der Waals surface area (Å²) in [6, 6.07) is 10.5. The van der Waals surface area contributed by atoms with Gasteiger partial charge in [0.25, 0.3) is 5.56 Å². The number of fused-ring (bicyclic) bond motifs is 1. The van der Waals surface area contributed by atoms with Crippen LogP contribution in [0.2, 0.25) is 5.02 Å². The molecule has 0 spiro atoms. The van der Waals surface area contributed by atoms with Gasteiger partial charge in [0.2, 0.25) is 10.0 Å². The number of primary sulfonamides is 1. The fraction of sp³-hybridized carbons (Fsp3) is 0. The number of sulfonamides is 1. The second kappa shape index (κ2) is 5.57. The second-order valence-corrected chi connectivity index (χ2v) is 7.19. The normalized spacial score (nSPS) is 11.7. The summed E-state index contributed by atoms with van der Waals surface area (Å²) in [5.74, 6) is 0. The van der Waals surface area contributed by atoms with E-state index in [1.165, 1.54) is 22.8 Å². The molecule has 2 aromatic carbocycles. The Bertz CT molecular complexity index is 1150. The van der Waals surface area contributed by atoms with Gasteiger partial charge in [0.1, 0.15) is 0 Å². The third-order valence-corrected chi connectivity index (χ3v) is 4.69. The predicted octanol–water partition coefficient (Wildman–Crippen LogP) is 2.35. The van der Waals surface area contributed by atoms with Crippen molar-refractivity contribution in [1.82, 2.24) is 9.55 Å². The van der Waals surface area contributed by atoms with Crippen LogP contribution in [-0.2, 0) is 10.0 Å². The molecule has 0 saturated heterocycles. The molecular formula is C14H10ClN3O3S2. The number of aromatic nitrogens is 2. The van der Waals surface area contributed by atoms with Gasteiger partial charge in [0, 0.05) is 5.02 Å². The molecule has 23 heavy (non-hydrogen) atoms. The molecule has 3 aromatic rings. The summed E-state index contributed by atoms with van der Waals surface area (Å²) in [5.41, 5.74) is 0.429. The molecule has 0 radical (unpaired) electrons. The fourth-order valence-corrected chi connectivity index (χ4v) is 3.25. The number of nitrogens with one attached hydrogen (secondary N) is 1. The van der Waals surface area contributed by atoms with Gasteiger partial charge < -0.3 is 4.98 Å². The van der Waals surface area contributed by atoms with Gasteiger partial charge in [0.05, 0.1) is 21.5 Å². The molecule has 0 saturated carbocycles. The molecule has 3 rings (SSSR count). The zero-order valence-electron chi connectivity index (χ0n) is 11.5. The van der Waals surface area contributed by atoms with Crippen molar-refractivity contribution in [3.63, 3.8) is 0 Å². The largest absolute Gasteiger partial charge is 0.331 e. The number of rotatable bonds is 2. The minimum atomic E-state index is -3.88. The fourth-order valence-electron chi connectivity index (χ4n) is 2.22. The Morgan fingerprint density at radius 2 is 1.91 bits per heavy atom. The maximum atomic E-state index is 12.7. The Balaban J connectivity index is 2.36. The number of nitrogens with zero attached hydrogens (tertiary/aromatic N) is 1. The lowest BCUT2D eigenvalue weighted by Gasteiger charge is -2.09. The summed E-state index contributed by atoms with van der Waals surface area (Å²) in [7, 11) is -3.88. The zero-order valence-corrected chi connectivity index (χ0v) is 13.9. The highest BCUT2D eigenvalue weighted by atomic mass is 35.5. The van der Waals surface area contributed by atoms with Crippen molar-refractivity contribution in [3.05, 3.63) is 62.6 Å². The van der Waals surface area contributed by atoms with E-state index in [4.69, 9.17) is 29.0 Å². The van der Waals surface area contributed by atoms with E-state index in [1.54, 1.807) is 24.3 Å². The first-order valence-electron chi connectivity index (χ1n) is 6.35. The average molecular weight is 368 g/mol.